The molecule has 4 aromatic heterocycles. The van der Waals surface area contributed by atoms with Crippen LogP contribution in [0.25, 0.3) is 100.0 Å². The molecule has 0 radical (unpaired) electrons. The zero-order valence-corrected chi connectivity index (χ0v) is 62.0. The smallest absolute Gasteiger partial charge is 0.307 e. The Labute approximate surface area is 642 Å². The number of fused-ring (bicyclic) bond motifs is 3. The second-order valence-electron chi connectivity index (χ2n) is 28.9. The van der Waals surface area contributed by atoms with Crippen LogP contribution in [0.15, 0.2) is 194 Å². The van der Waals surface area contributed by atoms with E-state index in [0.717, 1.165) is 144 Å². The van der Waals surface area contributed by atoms with Gasteiger partial charge in [-0.05, 0) is 192 Å². The van der Waals surface area contributed by atoms with Gasteiger partial charge in [0.2, 0.25) is 11.7 Å². The molecule has 4 aliphatic rings. The van der Waals surface area contributed by atoms with Crippen molar-refractivity contribution in [3.05, 3.63) is 222 Å². The summed E-state index contributed by atoms with van der Waals surface area (Å²) in [5.74, 6) is -2.36. The number of hydrogen-bond acceptors (Lipinski definition) is 15. The first kappa shape index (κ1) is 75.8. The van der Waals surface area contributed by atoms with Gasteiger partial charge in [-0.3, -0.25) is 14.5 Å². The van der Waals surface area contributed by atoms with Crippen LogP contribution in [0, 0.1) is 34.0 Å². The van der Waals surface area contributed by atoms with Gasteiger partial charge in [0.1, 0.15) is 78.4 Å². The van der Waals surface area contributed by atoms with Crippen molar-refractivity contribution in [1.29, 1.82) is 15.8 Å². The lowest BCUT2D eigenvalue weighted by Gasteiger charge is -2.24. The molecule has 4 aliphatic heterocycles. The molecule has 111 heavy (non-hydrogen) atoms. The number of Topliss-reactive ketones (excluding diaryl/α,β-unsaturated/α-hetero) is 1. The number of rotatable bonds is 20. The predicted octanol–water partition coefficient (Wildman–Crippen LogP) is 17.1. The van der Waals surface area contributed by atoms with E-state index >= 15 is 0 Å². The van der Waals surface area contributed by atoms with E-state index in [-0.39, 0.29) is 29.8 Å². The highest BCUT2D eigenvalue weighted by molar-refractivity contribution is 6.03. The van der Waals surface area contributed by atoms with Crippen molar-refractivity contribution in [2.24, 2.45) is 0 Å². The van der Waals surface area contributed by atoms with Crippen molar-refractivity contribution in [1.82, 2.24) is 29.7 Å². The number of carbonyl (C=O) groups excluding carboxylic acids is 2. The molecule has 0 unspecified atom stereocenters. The molecule has 8 aromatic carbocycles. The van der Waals surface area contributed by atoms with Gasteiger partial charge in [0.05, 0.1) is 55.3 Å². The Morgan fingerprint density at radius 1 is 0.541 bits per heavy atom. The third-order valence-corrected chi connectivity index (χ3v) is 20.7. The van der Waals surface area contributed by atoms with Gasteiger partial charge in [-0.2, -0.15) is 24.6 Å². The maximum Gasteiger partial charge on any atom is 0.307 e. The van der Waals surface area contributed by atoms with E-state index in [9.17, 15) is 39.3 Å². The van der Waals surface area contributed by atoms with Crippen LogP contribution in [0.1, 0.15) is 98.3 Å². The average Bonchev–Trinajstić information content (AvgIpc) is 1.68. The zero-order valence-electron chi connectivity index (χ0n) is 62.0. The van der Waals surface area contributed by atoms with Gasteiger partial charge < -0.3 is 58.5 Å². The van der Waals surface area contributed by atoms with Crippen molar-refractivity contribution < 1.29 is 57.0 Å². The number of nitriles is 3. The Morgan fingerprint density at radius 3 is 1.47 bits per heavy atom. The number of pyridine rings is 1. The van der Waals surface area contributed by atoms with Gasteiger partial charge in [0.15, 0.2) is 0 Å². The third-order valence-electron chi connectivity index (χ3n) is 20.7. The number of ether oxygens (including phenoxy) is 6. The fraction of sp³-hybridized carbons (Fsp3) is 0.289. The van der Waals surface area contributed by atoms with E-state index in [1.54, 1.807) is 43.1 Å². The van der Waals surface area contributed by atoms with E-state index in [1.807, 2.05) is 121 Å². The summed E-state index contributed by atoms with van der Waals surface area (Å²) in [6.07, 6.45) is 8.13. The summed E-state index contributed by atoms with van der Waals surface area (Å²) in [6.45, 7) is 11.4. The van der Waals surface area contributed by atoms with E-state index in [0.29, 0.717) is 92.4 Å². The van der Waals surface area contributed by atoms with E-state index in [1.165, 1.54) is 38.1 Å². The predicted molar refractivity (Wildman–Crippen MR) is 422 cm³/mol. The number of H-pyrrole nitrogens is 3. The third kappa shape index (κ3) is 17.8. The van der Waals surface area contributed by atoms with Crippen LogP contribution in [-0.2, 0) is 19.9 Å². The van der Waals surface area contributed by atoms with Crippen LogP contribution in [0.5, 0.6) is 23.0 Å². The van der Waals surface area contributed by atoms with E-state index < -0.39 is 23.9 Å². The second kappa shape index (κ2) is 33.9. The Balaban J connectivity index is 0.000000139. The lowest BCUT2D eigenvalue weighted by molar-refractivity contribution is -0.133. The topological polar surface area (TPSA) is 268 Å². The summed E-state index contributed by atoms with van der Waals surface area (Å²) in [5.41, 5.74) is 15.3. The quantitative estimate of drug-likeness (QED) is 0.0444. The van der Waals surface area contributed by atoms with Crippen LogP contribution in [-0.4, -0.2) is 148 Å². The molecule has 1 atom stereocenters. The summed E-state index contributed by atoms with van der Waals surface area (Å²) in [7, 11) is 0. The molecule has 5 N–H and O–H groups in total. The number of alkyl halides is 2. The molecule has 1 amide bonds. The number of aromatic nitrogens is 4. The van der Waals surface area contributed by atoms with Crippen molar-refractivity contribution >= 4 is 44.5 Å². The first-order chi connectivity index (χ1) is 53.9. The zero-order chi connectivity index (χ0) is 77.2. The minimum absolute atomic E-state index is 0.0294. The first-order valence-corrected chi connectivity index (χ1v) is 37.6. The largest absolute Gasteiger partial charge is 0.492 e. The molecule has 16 rings (SSSR count). The minimum atomic E-state index is -3.42. The molecular formula is C90H85F2N9O10. The number of aliphatic hydroxyl groups is 2. The van der Waals surface area contributed by atoms with E-state index in [4.69, 9.17) is 33.5 Å². The molecule has 21 heteroatoms. The van der Waals surface area contributed by atoms with Crippen LogP contribution in [0.4, 0.5) is 8.78 Å². The monoisotopic (exact) mass is 1490 g/mol. The molecule has 4 saturated heterocycles. The second-order valence-corrected chi connectivity index (χ2v) is 28.9. The average molecular weight is 1490 g/mol. The summed E-state index contributed by atoms with van der Waals surface area (Å²) in [6, 6.07) is 66.4. The number of amides is 1. The lowest BCUT2D eigenvalue weighted by atomic mass is 9.96. The molecule has 8 heterocycles. The summed E-state index contributed by atoms with van der Waals surface area (Å²) < 4.78 is 61.8. The molecule has 0 spiro atoms. The summed E-state index contributed by atoms with van der Waals surface area (Å²) in [5, 5.41) is 51.8. The highest BCUT2D eigenvalue weighted by atomic mass is 19.3. The van der Waals surface area contributed by atoms with Gasteiger partial charge in [0.25, 0.3) is 0 Å². The molecule has 0 bridgehead atoms. The Hall–Kier alpha value is -12.0. The van der Waals surface area contributed by atoms with Gasteiger partial charge in [0, 0.05) is 108 Å². The summed E-state index contributed by atoms with van der Waals surface area (Å²) >= 11 is 0. The number of nitrogens with one attached hydrogen (secondary N) is 3. The van der Waals surface area contributed by atoms with Gasteiger partial charge in [-0.1, -0.05) is 91.0 Å². The minimum Gasteiger partial charge on any atom is -0.492 e. The molecule has 19 nitrogen and oxygen atoms in total. The SMILES string of the molecule is CC(C)(O)c1ccc(-c2cc3c(-c4ccc(O[C@@H]5CCN(C(=O)CO)C5)c(C#N)c4)cccc3[nH]2)cc1.CC(F)(F)C(=O)c1ccc(-c2cc3c(-c4ccc(OC5CCOCC5)c(C#N)c4)ccnc3[nH]2)cc1.N#Cc1cc(-c2cccc3[nH]c(-c4ccc(OCCN5CCCC5)cc4)cc23)ccc1OC1CCOCC1. The number of ketones is 1. The van der Waals surface area contributed by atoms with E-state index in [2.05, 4.69) is 79.4 Å². The van der Waals surface area contributed by atoms with Crippen molar-refractivity contribution in [2.45, 2.75) is 95.6 Å². The number of hydrogen-bond donors (Lipinski definition) is 5. The van der Waals surface area contributed by atoms with Crippen molar-refractivity contribution in [3.63, 3.8) is 0 Å². The normalized spacial score (nSPS) is 15.6. The highest BCUT2D eigenvalue weighted by Crippen LogP contribution is 2.40. The molecule has 564 valence electrons. The first-order valence-electron chi connectivity index (χ1n) is 37.6. The van der Waals surface area contributed by atoms with Gasteiger partial charge >= 0.3 is 5.92 Å². The maximum absolute atomic E-state index is 13.4. The van der Waals surface area contributed by atoms with Gasteiger partial charge in [-0.15, -0.1) is 0 Å². The number of aromatic amines is 3. The number of aliphatic hydroxyl groups excluding tert-OH is 1. The van der Waals surface area contributed by atoms with Gasteiger partial charge in [-0.25, -0.2) is 4.98 Å². The number of likely N-dealkylation sites (tertiary alicyclic amines) is 2. The number of nitrogens with zero attached hydrogens (tertiary/aromatic N) is 6. The molecule has 0 saturated carbocycles. The Bertz CT molecular complexity index is 5450. The highest BCUT2D eigenvalue weighted by Gasteiger charge is 2.34. The molecular weight excluding hydrogens is 1410 g/mol. The Morgan fingerprint density at radius 2 is 0.991 bits per heavy atom. The Kier molecular flexibility index (Phi) is 23.1. The summed E-state index contributed by atoms with van der Waals surface area (Å²) in [4.78, 5) is 42.3. The van der Waals surface area contributed by atoms with Crippen molar-refractivity contribution in [2.75, 3.05) is 72.4 Å². The molecule has 12 aromatic rings. The van der Waals surface area contributed by atoms with Crippen LogP contribution < -0.4 is 18.9 Å². The van der Waals surface area contributed by atoms with Crippen LogP contribution in [0.2, 0.25) is 0 Å². The van der Waals surface area contributed by atoms with Crippen LogP contribution in [0.3, 0.4) is 0 Å². The van der Waals surface area contributed by atoms with Crippen molar-refractivity contribution in [3.8, 4) is 108 Å². The molecule has 0 aliphatic carbocycles. The van der Waals surface area contributed by atoms with Crippen LogP contribution >= 0.6 is 0 Å². The maximum atomic E-state index is 13.4. The number of halogens is 2. The fourth-order valence-electron chi connectivity index (χ4n) is 14.6. The fourth-order valence-corrected chi connectivity index (χ4v) is 14.6. The lowest BCUT2D eigenvalue weighted by Crippen LogP contribution is -2.32. The number of benzene rings is 8. The molecule has 4 fully saturated rings. The number of carbonyl (C=O) groups is 2. The standard InChI is InChI=1S/C32H33N3O3.C30H29N3O4.C28H23F2N3O3/c33-22-25-20-24(8-11-32(25)38-27-12-17-36-18-13-27)28-4-3-5-30-29(28)21-31(34-30)23-6-9-26(10-7-23)37-19-16-35-14-1-2-15-35;1-30(2,36)22-9-6-19(7-10-22)27-15-25-24(4-3-5-26(25)32-27)20-8-11-28(21(14-20)16-31)37-23-12-13-33(17-23)29(35)18-34;1-28(29,30)26(34)18-4-2-17(3-5-18)24-15-23-22(8-11-32-27(23)33-24)19-6-7-25(20(14-19)16-31)36-21-9-12-35-13-10-21/h3-11,20-21,27,34H,1-2,12-19H2;3-11,14-15,23,32,34,36H,12-13,17-18H2,1-2H3;2-8,11,14-15,21H,9-10,12-13H2,1H3,(H,32,33)/t;23-;/m.1./s1.